The molecule has 6 heteroatoms. The minimum atomic E-state index is -0.144. The zero-order valence-electron chi connectivity index (χ0n) is 15.3. The van der Waals surface area contributed by atoms with E-state index in [1.807, 2.05) is 21.4 Å². The third-order valence-corrected chi connectivity index (χ3v) is 5.89. The summed E-state index contributed by atoms with van der Waals surface area (Å²) in [6, 6.07) is 2.69. The Hall–Kier alpha value is -1.85. The molecule has 3 heterocycles. The molecule has 2 atom stereocenters. The molecule has 0 spiro atoms. The molecular formula is C19H28N4O2. The zero-order chi connectivity index (χ0) is 17.6. The van der Waals surface area contributed by atoms with Gasteiger partial charge in [-0.3, -0.25) is 14.3 Å². The van der Waals surface area contributed by atoms with E-state index in [1.54, 1.807) is 0 Å². The average Bonchev–Trinajstić information content (AvgIpc) is 3.28. The number of rotatable bonds is 4. The number of aromatic nitrogens is 2. The lowest BCUT2D eigenvalue weighted by molar-refractivity contribution is -0.139. The van der Waals surface area contributed by atoms with Crippen molar-refractivity contribution in [2.75, 3.05) is 13.1 Å². The normalized spacial score (nSPS) is 27.2. The van der Waals surface area contributed by atoms with Crippen LogP contribution in [0.25, 0.3) is 0 Å². The molecule has 0 bridgehead atoms. The fourth-order valence-electron chi connectivity index (χ4n) is 4.41. The van der Waals surface area contributed by atoms with Crippen LogP contribution in [-0.2, 0) is 16.1 Å². The largest absolute Gasteiger partial charge is 0.339 e. The summed E-state index contributed by atoms with van der Waals surface area (Å²) in [6.07, 6.45) is 5.86. The van der Waals surface area contributed by atoms with Gasteiger partial charge in [0.25, 0.3) is 0 Å². The van der Waals surface area contributed by atoms with Crippen molar-refractivity contribution in [3.05, 3.63) is 17.5 Å². The molecule has 2 amide bonds. The Kier molecular flexibility index (Phi) is 4.29. The molecule has 1 aromatic heterocycles. The van der Waals surface area contributed by atoms with E-state index in [4.69, 9.17) is 0 Å². The van der Waals surface area contributed by atoms with Crippen molar-refractivity contribution in [2.24, 2.45) is 5.92 Å². The lowest BCUT2D eigenvalue weighted by Crippen LogP contribution is -2.48. The van der Waals surface area contributed by atoms with Crippen molar-refractivity contribution in [1.29, 1.82) is 0 Å². The number of carbonyl (C=O) groups is 2. The monoisotopic (exact) mass is 344 g/mol. The third-order valence-electron chi connectivity index (χ3n) is 5.89. The molecule has 0 N–H and O–H groups in total. The SMILES string of the molecule is Cc1cc(C)n(C[C@H]2CCCCN2C(=O)[C@H]2CC(=O)N(C3CC3)C2)n1. The van der Waals surface area contributed by atoms with Gasteiger partial charge in [0.05, 0.1) is 24.2 Å². The smallest absolute Gasteiger partial charge is 0.228 e. The molecule has 25 heavy (non-hydrogen) atoms. The molecule has 1 aliphatic carbocycles. The van der Waals surface area contributed by atoms with Gasteiger partial charge >= 0.3 is 0 Å². The number of hydrogen-bond donors (Lipinski definition) is 0. The molecule has 0 unspecified atom stereocenters. The topological polar surface area (TPSA) is 58.4 Å². The average molecular weight is 344 g/mol. The Bertz CT molecular complexity index is 679. The standard InChI is InChI=1S/C19H28N4O2/c1-13-9-14(2)23(20-13)12-17-5-3-4-8-21(17)19(25)15-10-18(24)22(11-15)16-6-7-16/h9,15-17H,3-8,10-12H2,1-2H3/t15-,17+/m0/s1. The molecule has 6 nitrogen and oxygen atoms in total. The van der Waals surface area contributed by atoms with Crippen molar-refractivity contribution >= 4 is 11.8 Å². The number of nitrogens with zero attached hydrogens (tertiary/aromatic N) is 4. The molecule has 136 valence electrons. The second-order valence-electron chi connectivity index (χ2n) is 7.97. The zero-order valence-corrected chi connectivity index (χ0v) is 15.3. The van der Waals surface area contributed by atoms with E-state index >= 15 is 0 Å². The number of carbonyl (C=O) groups excluding carboxylic acids is 2. The van der Waals surface area contributed by atoms with Gasteiger partial charge in [0, 0.05) is 31.2 Å². The Morgan fingerprint density at radius 3 is 2.72 bits per heavy atom. The van der Waals surface area contributed by atoms with Crippen molar-refractivity contribution in [2.45, 2.75) is 71.0 Å². The molecule has 1 saturated carbocycles. The van der Waals surface area contributed by atoms with Gasteiger partial charge in [-0.2, -0.15) is 5.10 Å². The first-order valence-corrected chi connectivity index (χ1v) is 9.64. The summed E-state index contributed by atoms with van der Waals surface area (Å²) in [5.74, 6) is 0.213. The van der Waals surface area contributed by atoms with Gasteiger partial charge in [0.1, 0.15) is 0 Å². The molecule has 1 aromatic rings. The molecular weight excluding hydrogens is 316 g/mol. The summed E-state index contributed by atoms with van der Waals surface area (Å²) in [7, 11) is 0. The van der Waals surface area contributed by atoms with E-state index in [9.17, 15) is 9.59 Å². The number of likely N-dealkylation sites (tertiary alicyclic amines) is 2. The van der Waals surface area contributed by atoms with Crippen LogP contribution in [-0.4, -0.2) is 56.6 Å². The second-order valence-corrected chi connectivity index (χ2v) is 7.97. The highest BCUT2D eigenvalue weighted by Gasteiger charge is 2.43. The maximum Gasteiger partial charge on any atom is 0.228 e. The molecule has 0 aromatic carbocycles. The highest BCUT2D eigenvalue weighted by Crippen LogP contribution is 2.34. The van der Waals surface area contributed by atoms with E-state index in [0.717, 1.165) is 56.6 Å². The quantitative estimate of drug-likeness (QED) is 0.838. The van der Waals surface area contributed by atoms with Crippen LogP contribution in [0.1, 0.15) is 49.9 Å². The molecule has 4 rings (SSSR count). The van der Waals surface area contributed by atoms with Gasteiger partial charge in [-0.15, -0.1) is 0 Å². The lowest BCUT2D eigenvalue weighted by Gasteiger charge is -2.37. The molecule has 2 saturated heterocycles. The van der Waals surface area contributed by atoms with Crippen LogP contribution in [0.3, 0.4) is 0 Å². The van der Waals surface area contributed by atoms with Crippen LogP contribution in [0.5, 0.6) is 0 Å². The number of aryl methyl sites for hydroxylation is 2. The Morgan fingerprint density at radius 1 is 1.24 bits per heavy atom. The van der Waals surface area contributed by atoms with Crippen molar-refractivity contribution in [1.82, 2.24) is 19.6 Å². The summed E-state index contributed by atoms with van der Waals surface area (Å²) >= 11 is 0. The Morgan fingerprint density at radius 2 is 2.04 bits per heavy atom. The number of amides is 2. The van der Waals surface area contributed by atoms with Gasteiger partial charge in [0.15, 0.2) is 0 Å². The molecule has 3 fully saturated rings. The van der Waals surface area contributed by atoms with E-state index in [2.05, 4.69) is 18.1 Å². The fraction of sp³-hybridized carbons (Fsp3) is 0.737. The van der Waals surface area contributed by atoms with E-state index in [-0.39, 0.29) is 23.8 Å². The summed E-state index contributed by atoms with van der Waals surface area (Å²) in [5, 5.41) is 4.57. The van der Waals surface area contributed by atoms with Crippen LogP contribution in [0, 0.1) is 19.8 Å². The fourth-order valence-corrected chi connectivity index (χ4v) is 4.41. The van der Waals surface area contributed by atoms with Crippen LogP contribution < -0.4 is 0 Å². The van der Waals surface area contributed by atoms with Crippen molar-refractivity contribution in [3.63, 3.8) is 0 Å². The maximum atomic E-state index is 13.1. The summed E-state index contributed by atoms with van der Waals surface area (Å²) in [6.45, 7) is 6.28. The predicted molar refractivity (Wildman–Crippen MR) is 93.9 cm³/mol. The van der Waals surface area contributed by atoms with Crippen LogP contribution >= 0.6 is 0 Å². The highest BCUT2D eigenvalue weighted by molar-refractivity contribution is 5.89. The number of piperidine rings is 1. The van der Waals surface area contributed by atoms with E-state index in [0.29, 0.717) is 19.0 Å². The van der Waals surface area contributed by atoms with Crippen LogP contribution in [0.15, 0.2) is 6.07 Å². The van der Waals surface area contributed by atoms with E-state index < -0.39 is 0 Å². The predicted octanol–water partition coefficient (Wildman–Crippen LogP) is 1.89. The Labute approximate surface area is 149 Å². The first-order chi connectivity index (χ1) is 12.0. The minimum Gasteiger partial charge on any atom is -0.339 e. The lowest BCUT2D eigenvalue weighted by atomic mass is 9.98. The van der Waals surface area contributed by atoms with Gasteiger partial charge < -0.3 is 9.80 Å². The highest BCUT2D eigenvalue weighted by atomic mass is 16.2. The first-order valence-electron chi connectivity index (χ1n) is 9.64. The summed E-state index contributed by atoms with van der Waals surface area (Å²) in [5.41, 5.74) is 2.17. The minimum absolute atomic E-state index is 0.144. The van der Waals surface area contributed by atoms with Gasteiger partial charge in [-0.1, -0.05) is 0 Å². The van der Waals surface area contributed by atoms with Crippen molar-refractivity contribution < 1.29 is 9.59 Å². The summed E-state index contributed by atoms with van der Waals surface area (Å²) in [4.78, 5) is 29.4. The maximum absolute atomic E-state index is 13.1. The Balaban J connectivity index is 1.46. The van der Waals surface area contributed by atoms with E-state index in [1.165, 1.54) is 0 Å². The van der Waals surface area contributed by atoms with Gasteiger partial charge in [-0.05, 0) is 52.0 Å². The van der Waals surface area contributed by atoms with Crippen molar-refractivity contribution in [3.8, 4) is 0 Å². The second kappa shape index (κ2) is 6.46. The van der Waals surface area contributed by atoms with Crippen LogP contribution in [0.4, 0.5) is 0 Å². The molecule has 3 aliphatic rings. The van der Waals surface area contributed by atoms with Gasteiger partial charge in [-0.25, -0.2) is 0 Å². The summed E-state index contributed by atoms with van der Waals surface area (Å²) < 4.78 is 2.03. The third kappa shape index (κ3) is 3.31. The molecule has 0 radical (unpaired) electrons. The van der Waals surface area contributed by atoms with Gasteiger partial charge in [0.2, 0.25) is 11.8 Å². The molecule has 2 aliphatic heterocycles. The van der Waals surface area contributed by atoms with Crippen LogP contribution in [0.2, 0.25) is 0 Å². The first kappa shape index (κ1) is 16.6. The number of hydrogen-bond acceptors (Lipinski definition) is 3.